The number of hydrogen-bond donors (Lipinski definition) is 0. The van der Waals surface area contributed by atoms with Crippen LogP contribution in [0.2, 0.25) is 0 Å². The Balaban J connectivity index is 0.000000531. The molecule has 0 aromatic carbocycles. The van der Waals surface area contributed by atoms with Crippen molar-refractivity contribution in [2.24, 2.45) is 0 Å². The maximum atomic E-state index is 4.29. The normalized spacial score (nSPS) is 10.3. The van der Waals surface area contributed by atoms with Crippen molar-refractivity contribution in [3.8, 4) is 0 Å². The number of nitrogens with zero attached hydrogens (tertiary/aromatic N) is 2. The summed E-state index contributed by atoms with van der Waals surface area (Å²) in [5, 5.41) is 0. The van der Waals surface area contributed by atoms with Crippen molar-refractivity contribution in [2.75, 3.05) is 4.93 Å². The molecule has 0 aliphatic heterocycles. The number of aromatic nitrogens is 2. The molecule has 0 bridgehead atoms. The van der Waals surface area contributed by atoms with Crippen molar-refractivity contribution in [1.29, 1.82) is 0 Å². The van der Waals surface area contributed by atoms with E-state index in [9.17, 15) is 0 Å². The summed E-state index contributed by atoms with van der Waals surface area (Å²) in [6, 6.07) is 4.32. The lowest BCUT2D eigenvalue weighted by Crippen LogP contribution is -1.98. The van der Waals surface area contributed by atoms with Crippen LogP contribution in [0, 0.1) is 6.92 Å². The highest BCUT2D eigenvalue weighted by atomic mass is 127. The van der Waals surface area contributed by atoms with Crippen molar-refractivity contribution < 1.29 is 0 Å². The molecule has 0 saturated carbocycles. The minimum absolute atomic E-state index is 0.539. The van der Waals surface area contributed by atoms with Crippen molar-refractivity contribution in [2.45, 2.75) is 26.7 Å². The zero-order valence-electron chi connectivity index (χ0n) is 9.66. The molecule has 3 heteroatoms. The second-order valence-electron chi connectivity index (χ2n) is 3.77. The summed E-state index contributed by atoms with van der Waals surface area (Å²) >= 11 is 2.15. The van der Waals surface area contributed by atoms with E-state index in [0.29, 0.717) is 5.92 Å². The molecule has 0 unspecified atom stereocenters. The zero-order valence-corrected chi connectivity index (χ0v) is 11.8. The molecule has 0 N–H and O–H groups in total. The highest BCUT2D eigenvalue weighted by Gasteiger charge is 2.05. The topological polar surface area (TPSA) is 17.3 Å². The van der Waals surface area contributed by atoms with E-state index in [-0.39, 0.29) is 0 Å². The first-order valence-corrected chi connectivity index (χ1v) is 7.15. The average molecular weight is 316 g/mol. The molecule has 0 radical (unpaired) electrons. The lowest BCUT2D eigenvalue weighted by atomic mass is 10.1. The molecule has 2 aromatic heterocycles. The van der Waals surface area contributed by atoms with Crippen LogP contribution in [0.15, 0.2) is 24.5 Å². The van der Waals surface area contributed by atoms with Gasteiger partial charge in [0.15, 0.2) is 0 Å². The molecule has 82 valence electrons. The molecule has 0 aliphatic carbocycles. The third-order valence-corrected chi connectivity index (χ3v) is 2.27. The first-order valence-electron chi connectivity index (χ1n) is 5.00. The fourth-order valence-electron chi connectivity index (χ4n) is 1.63. The van der Waals surface area contributed by atoms with Crippen molar-refractivity contribution in [1.82, 2.24) is 9.38 Å². The summed E-state index contributed by atoms with van der Waals surface area (Å²) in [6.07, 6.45) is 3.87. The summed E-state index contributed by atoms with van der Waals surface area (Å²) in [5.41, 5.74) is 3.65. The van der Waals surface area contributed by atoms with Gasteiger partial charge in [-0.05, 0) is 35.5 Å². The van der Waals surface area contributed by atoms with Crippen molar-refractivity contribution in [3.05, 3.63) is 35.8 Å². The number of halogens is 1. The van der Waals surface area contributed by atoms with Crippen LogP contribution in [-0.2, 0) is 0 Å². The van der Waals surface area contributed by atoms with Gasteiger partial charge in [0.2, 0.25) is 0 Å². The Hall–Kier alpha value is -0.580. The van der Waals surface area contributed by atoms with Gasteiger partial charge in [-0.3, -0.25) is 0 Å². The number of pyridine rings is 1. The van der Waals surface area contributed by atoms with Gasteiger partial charge in [-0.1, -0.05) is 36.4 Å². The molecule has 2 rings (SSSR count). The Morgan fingerprint density at radius 3 is 2.53 bits per heavy atom. The zero-order chi connectivity index (χ0) is 11.4. The summed E-state index contributed by atoms with van der Waals surface area (Å²) in [5.74, 6) is 0.539. The van der Waals surface area contributed by atoms with Crippen LogP contribution >= 0.6 is 22.6 Å². The van der Waals surface area contributed by atoms with E-state index in [2.05, 4.69) is 64.9 Å². The summed E-state index contributed by atoms with van der Waals surface area (Å²) in [7, 11) is 0. The van der Waals surface area contributed by atoms with E-state index in [1.807, 2.05) is 17.3 Å². The lowest BCUT2D eigenvalue weighted by molar-refractivity contribution is 0.799. The van der Waals surface area contributed by atoms with Crippen LogP contribution in [0.3, 0.4) is 0 Å². The minimum atomic E-state index is 0.539. The van der Waals surface area contributed by atoms with Gasteiger partial charge in [0, 0.05) is 18.1 Å². The molecule has 0 fully saturated rings. The van der Waals surface area contributed by atoms with Crippen LogP contribution in [0.25, 0.3) is 5.65 Å². The number of aryl methyl sites for hydroxylation is 1. The van der Waals surface area contributed by atoms with Gasteiger partial charge in [-0.15, -0.1) is 0 Å². The Morgan fingerprint density at radius 1 is 1.27 bits per heavy atom. The maximum absolute atomic E-state index is 4.29. The third-order valence-electron chi connectivity index (χ3n) is 2.27. The minimum Gasteiger partial charge on any atom is -0.304 e. The summed E-state index contributed by atoms with van der Waals surface area (Å²) in [4.78, 5) is 6.26. The monoisotopic (exact) mass is 316 g/mol. The van der Waals surface area contributed by atoms with E-state index in [4.69, 9.17) is 0 Å². The molecular formula is C12H17IN2. The van der Waals surface area contributed by atoms with Crippen LogP contribution in [0.4, 0.5) is 0 Å². The molecule has 2 nitrogen and oxygen atoms in total. The molecule has 0 saturated heterocycles. The smallest absolute Gasteiger partial charge is 0.137 e. The first kappa shape index (κ1) is 12.5. The van der Waals surface area contributed by atoms with Crippen molar-refractivity contribution in [3.63, 3.8) is 0 Å². The highest BCUT2D eigenvalue weighted by molar-refractivity contribution is 14.1. The fraction of sp³-hybridized carbons (Fsp3) is 0.417. The number of alkyl halides is 1. The highest BCUT2D eigenvalue weighted by Crippen LogP contribution is 2.17. The van der Waals surface area contributed by atoms with E-state index < -0.39 is 0 Å². The molecule has 0 amide bonds. The molecule has 0 atom stereocenters. The van der Waals surface area contributed by atoms with E-state index in [1.165, 1.54) is 11.3 Å². The standard InChI is InChI=1S/C11H14N2.CH3I/c1-8(2)10-6-9(3)7-11-12-4-5-13(10)11;1-2/h4-8H,1-3H3;1H3. The molecule has 2 aromatic rings. The third kappa shape index (κ3) is 2.71. The van der Waals surface area contributed by atoms with Gasteiger partial charge in [0.1, 0.15) is 5.65 Å². The molecule has 2 heterocycles. The second kappa shape index (κ2) is 5.49. The first-order chi connectivity index (χ1) is 7.18. The van der Waals surface area contributed by atoms with Crippen LogP contribution < -0.4 is 0 Å². The van der Waals surface area contributed by atoms with Gasteiger partial charge in [-0.25, -0.2) is 4.98 Å². The molecule has 15 heavy (non-hydrogen) atoms. The van der Waals surface area contributed by atoms with Gasteiger partial charge in [0.05, 0.1) is 0 Å². The molecular weight excluding hydrogens is 299 g/mol. The van der Waals surface area contributed by atoms with Crippen LogP contribution in [0.5, 0.6) is 0 Å². The Morgan fingerprint density at radius 2 is 1.93 bits per heavy atom. The summed E-state index contributed by atoms with van der Waals surface area (Å²) < 4.78 is 2.15. The maximum Gasteiger partial charge on any atom is 0.137 e. The number of imidazole rings is 1. The number of rotatable bonds is 1. The average Bonchev–Trinajstić information content (AvgIpc) is 2.67. The summed E-state index contributed by atoms with van der Waals surface area (Å²) in [6.45, 7) is 6.52. The quantitative estimate of drug-likeness (QED) is 0.577. The molecule has 0 spiro atoms. The van der Waals surface area contributed by atoms with Gasteiger partial charge in [-0.2, -0.15) is 0 Å². The predicted molar refractivity (Wildman–Crippen MR) is 74.0 cm³/mol. The van der Waals surface area contributed by atoms with E-state index >= 15 is 0 Å². The van der Waals surface area contributed by atoms with E-state index in [1.54, 1.807) is 0 Å². The van der Waals surface area contributed by atoms with Crippen molar-refractivity contribution >= 4 is 28.2 Å². The van der Waals surface area contributed by atoms with Gasteiger partial charge < -0.3 is 4.40 Å². The van der Waals surface area contributed by atoms with Gasteiger partial charge >= 0.3 is 0 Å². The number of fused-ring (bicyclic) bond motifs is 1. The van der Waals surface area contributed by atoms with Crippen LogP contribution in [-0.4, -0.2) is 14.3 Å². The fourth-order valence-corrected chi connectivity index (χ4v) is 1.63. The predicted octanol–water partition coefficient (Wildman–Crippen LogP) is 3.82. The Kier molecular flexibility index (Phi) is 4.57. The lowest BCUT2D eigenvalue weighted by Gasteiger charge is -2.09. The van der Waals surface area contributed by atoms with E-state index in [0.717, 1.165) is 5.65 Å². The number of hydrogen-bond acceptors (Lipinski definition) is 1. The largest absolute Gasteiger partial charge is 0.304 e. The Bertz CT molecular complexity index is 432. The molecule has 0 aliphatic rings. The van der Waals surface area contributed by atoms with Crippen LogP contribution in [0.1, 0.15) is 31.0 Å². The Labute approximate surface area is 105 Å². The van der Waals surface area contributed by atoms with Gasteiger partial charge in [0.25, 0.3) is 0 Å². The second-order valence-corrected chi connectivity index (χ2v) is 3.77. The SMILES string of the molecule is CI.Cc1cc(C(C)C)n2ccnc2c1.